The van der Waals surface area contributed by atoms with Crippen molar-refractivity contribution in [3.63, 3.8) is 0 Å². The van der Waals surface area contributed by atoms with E-state index < -0.39 is 0 Å². The molecule has 0 aliphatic heterocycles. The van der Waals surface area contributed by atoms with Gasteiger partial charge in [-0.05, 0) is 11.5 Å². The summed E-state index contributed by atoms with van der Waals surface area (Å²) in [4.78, 5) is 0. The topological polar surface area (TPSA) is 51.8 Å². The Balaban J connectivity index is 1.70. The first-order valence-corrected chi connectivity index (χ1v) is 7.77. The van der Waals surface area contributed by atoms with Crippen LogP contribution in [0.4, 0.5) is 0 Å². The van der Waals surface area contributed by atoms with Crippen molar-refractivity contribution >= 4 is 11.3 Å². The minimum Gasteiger partial charge on any atom is -0.318 e. The van der Waals surface area contributed by atoms with E-state index in [4.69, 9.17) is 5.73 Å². The van der Waals surface area contributed by atoms with E-state index in [0.717, 1.165) is 27.9 Å². The molecule has 0 amide bonds. The molecule has 0 saturated heterocycles. The molecule has 1 aliphatic rings. The van der Waals surface area contributed by atoms with Gasteiger partial charge in [0.1, 0.15) is 10.0 Å². The molecule has 100 valence electrons. The quantitative estimate of drug-likeness (QED) is 0.929. The van der Waals surface area contributed by atoms with Gasteiger partial charge in [-0.25, -0.2) is 0 Å². The fourth-order valence-electron chi connectivity index (χ4n) is 2.74. The van der Waals surface area contributed by atoms with E-state index >= 15 is 0 Å². The van der Waals surface area contributed by atoms with Crippen molar-refractivity contribution in [1.82, 2.24) is 10.2 Å². The van der Waals surface area contributed by atoms with E-state index in [0.29, 0.717) is 0 Å². The van der Waals surface area contributed by atoms with E-state index in [2.05, 4.69) is 10.2 Å². The fraction of sp³-hybridized carbons (Fsp3) is 0.467. The van der Waals surface area contributed by atoms with Gasteiger partial charge in [-0.3, -0.25) is 0 Å². The van der Waals surface area contributed by atoms with E-state index in [9.17, 15) is 0 Å². The highest BCUT2D eigenvalue weighted by atomic mass is 32.1. The van der Waals surface area contributed by atoms with Gasteiger partial charge in [0.05, 0.1) is 6.04 Å². The van der Waals surface area contributed by atoms with Crippen molar-refractivity contribution in [3.8, 4) is 0 Å². The normalized spacial score (nSPS) is 17.7. The zero-order valence-electron chi connectivity index (χ0n) is 11.0. The third-order valence-electron chi connectivity index (χ3n) is 3.85. The van der Waals surface area contributed by atoms with Gasteiger partial charge in [-0.1, -0.05) is 67.4 Å². The van der Waals surface area contributed by atoms with Crippen LogP contribution < -0.4 is 5.73 Å². The number of nitrogens with two attached hydrogens (primary N) is 1. The molecule has 1 heterocycles. The van der Waals surface area contributed by atoms with Crippen LogP contribution in [0.5, 0.6) is 0 Å². The van der Waals surface area contributed by atoms with E-state index in [1.807, 2.05) is 30.3 Å². The van der Waals surface area contributed by atoms with Crippen molar-refractivity contribution in [1.29, 1.82) is 0 Å². The molecule has 1 unspecified atom stereocenters. The summed E-state index contributed by atoms with van der Waals surface area (Å²) in [5.74, 6) is 0.814. The van der Waals surface area contributed by atoms with Crippen LogP contribution in [0.25, 0.3) is 0 Å². The van der Waals surface area contributed by atoms with Gasteiger partial charge >= 0.3 is 0 Å². The smallest absolute Gasteiger partial charge is 0.138 e. The van der Waals surface area contributed by atoms with E-state index in [1.54, 1.807) is 11.3 Å². The average Bonchev–Trinajstić information content (AvgIpc) is 3.11. The molecule has 2 N–H and O–H groups in total. The van der Waals surface area contributed by atoms with Crippen molar-refractivity contribution in [3.05, 3.63) is 45.9 Å². The first kappa shape index (κ1) is 12.8. The van der Waals surface area contributed by atoms with Crippen LogP contribution in [-0.4, -0.2) is 10.2 Å². The maximum absolute atomic E-state index is 6.25. The third kappa shape index (κ3) is 3.01. The second-order valence-electron chi connectivity index (χ2n) is 5.28. The number of benzene rings is 1. The largest absolute Gasteiger partial charge is 0.318 e. The van der Waals surface area contributed by atoms with Gasteiger partial charge in [-0.15, -0.1) is 10.2 Å². The monoisotopic (exact) mass is 273 g/mol. The Morgan fingerprint density at radius 1 is 1.16 bits per heavy atom. The number of hydrogen-bond acceptors (Lipinski definition) is 4. The van der Waals surface area contributed by atoms with Gasteiger partial charge in [0.2, 0.25) is 0 Å². The van der Waals surface area contributed by atoms with Crippen LogP contribution >= 0.6 is 11.3 Å². The molecule has 1 fully saturated rings. The highest BCUT2D eigenvalue weighted by molar-refractivity contribution is 7.11. The summed E-state index contributed by atoms with van der Waals surface area (Å²) in [6, 6.07) is 9.97. The molecule has 1 aromatic carbocycles. The predicted molar refractivity (Wildman–Crippen MR) is 78.0 cm³/mol. The van der Waals surface area contributed by atoms with Gasteiger partial charge in [-0.2, -0.15) is 0 Å². The van der Waals surface area contributed by atoms with Crippen LogP contribution in [0.1, 0.15) is 47.3 Å². The van der Waals surface area contributed by atoms with Crippen molar-refractivity contribution in [2.75, 3.05) is 0 Å². The van der Waals surface area contributed by atoms with Crippen molar-refractivity contribution < 1.29 is 0 Å². The van der Waals surface area contributed by atoms with Gasteiger partial charge < -0.3 is 5.73 Å². The second kappa shape index (κ2) is 5.80. The highest BCUT2D eigenvalue weighted by Crippen LogP contribution is 2.30. The van der Waals surface area contributed by atoms with Crippen LogP contribution in [0.15, 0.2) is 30.3 Å². The Kier molecular flexibility index (Phi) is 3.89. The Labute approximate surface area is 117 Å². The molecule has 0 radical (unpaired) electrons. The zero-order chi connectivity index (χ0) is 13.1. The molecule has 2 aromatic rings. The molecule has 0 spiro atoms. The van der Waals surface area contributed by atoms with Crippen molar-refractivity contribution in [2.45, 2.75) is 38.1 Å². The molecule has 4 heteroatoms. The highest BCUT2D eigenvalue weighted by Gasteiger charge is 2.19. The first-order chi connectivity index (χ1) is 9.33. The molecule has 3 nitrogen and oxygen atoms in total. The Bertz CT molecular complexity index is 517. The Morgan fingerprint density at radius 3 is 2.63 bits per heavy atom. The lowest BCUT2D eigenvalue weighted by molar-refractivity contribution is 0.542. The van der Waals surface area contributed by atoms with Gasteiger partial charge in [0.15, 0.2) is 0 Å². The molecule has 1 aliphatic carbocycles. The summed E-state index contributed by atoms with van der Waals surface area (Å²) in [7, 11) is 0. The van der Waals surface area contributed by atoms with Crippen LogP contribution in [0, 0.1) is 5.92 Å². The lowest BCUT2D eigenvalue weighted by Crippen LogP contribution is -2.11. The van der Waals surface area contributed by atoms with E-state index in [1.165, 1.54) is 25.7 Å². The molecular weight excluding hydrogens is 254 g/mol. The molecule has 1 aromatic heterocycles. The zero-order valence-corrected chi connectivity index (χ0v) is 11.8. The molecule has 19 heavy (non-hydrogen) atoms. The number of rotatable bonds is 4. The van der Waals surface area contributed by atoms with Gasteiger partial charge in [0, 0.05) is 6.42 Å². The minimum absolute atomic E-state index is 0.143. The summed E-state index contributed by atoms with van der Waals surface area (Å²) in [6.07, 6.45) is 6.53. The summed E-state index contributed by atoms with van der Waals surface area (Å²) in [5.41, 5.74) is 7.35. The lowest BCUT2D eigenvalue weighted by atomic mass is 10.1. The predicted octanol–water partition coefficient (Wildman–Crippen LogP) is 3.32. The molecule has 1 atom stereocenters. The van der Waals surface area contributed by atoms with Crippen LogP contribution in [0.3, 0.4) is 0 Å². The maximum atomic E-state index is 6.25. The Morgan fingerprint density at radius 2 is 1.89 bits per heavy atom. The number of nitrogens with zero attached hydrogens (tertiary/aromatic N) is 2. The molecule has 0 bridgehead atoms. The number of hydrogen-bond donors (Lipinski definition) is 1. The average molecular weight is 273 g/mol. The van der Waals surface area contributed by atoms with E-state index in [-0.39, 0.29) is 6.04 Å². The summed E-state index contributed by atoms with van der Waals surface area (Å²) in [6.45, 7) is 0. The summed E-state index contributed by atoms with van der Waals surface area (Å²) < 4.78 is 0. The summed E-state index contributed by atoms with van der Waals surface area (Å²) in [5, 5.41) is 10.7. The molecule has 3 rings (SSSR count). The van der Waals surface area contributed by atoms with Crippen molar-refractivity contribution in [2.24, 2.45) is 11.7 Å². The van der Waals surface area contributed by atoms with Crippen LogP contribution in [-0.2, 0) is 6.42 Å². The Hall–Kier alpha value is -1.26. The minimum atomic E-state index is -0.143. The third-order valence-corrected chi connectivity index (χ3v) is 4.87. The standard InChI is InChI=1S/C15H19N3S/c16-14(12-8-2-1-3-9-12)15-18-17-13(19-15)10-11-6-4-5-7-11/h1-3,8-9,11,14H,4-7,10,16H2. The van der Waals surface area contributed by atoms with Crippen LogP contribution in [0.2, 0.25) is 0 Å². The maximum Gasteiger partial charge on any atom is 0.138 e. The first-order valence-electron chi connectivity index (χ1n) is 6.96. The SMILES string of the molecule is NC(c1ccccc1)c1nnc(CC2CCCC2)s1. The molecular formula is C15H19N3S. The van der Waals surface area contributed by atoms with Gasteiger partial charge in [0.25, 0.3) is 0 Å². The number of aromatic nitrogens is 2. The second-order valence-corrected chi connectivity index (χ2v) is 6.37. The lowest BCUT2D eigenvalue weighted by Gasteiger charge is -2.07. The molecule has 1 saturated carbocycles. The summed E-state index contributed by atoms with van der Waals surface area (Å²) >= 11 is 1.68. The fourth-order valence-corrected chi connectivity index (χ4v) is 3.73.